The van der Waals surface area contributed by atoms with Crippen molar-refractivity contribution in [2.24, 2.45) is 0 Å². The van der Waals surface area contributed by atoms with Gasteiger partial charge in [0.15, 0.2) is 0 Å². The van der Waals surface area contributed by atoms with Crippen molar-refractivity contribution in [2.75, 3.05) is 10.2 Å². The van der Waals surface area contributed by atoms with E-state index in [1.54, 1.807) is 6.92 Å². The Morgan fingerprint density at radius 1 is 1.13 bits per heavy atom. The molecule has 1 N–H and O–H groups in total. The maximum Gasteiger partial charge on any atom is 0.224 e. The third kappa shape index (κ3) is 2.83. The minimum absolute atomic E-state index is 0.107. The lowest BCUT2D eigenvalue weighted by molar-refractivity contribution is -0.117. The molecule has 0 bridgehead atoms. The zero-order chi connectivity index (χ0) is 16.6. The van der Waals surface area contributed by atoms with Crippen LogP contribution in [0.3, 0.4) is 0 Å². The van der Waals surface area contributed by atoms with Crippen LogP contribution in [0.5, 0.6) is 0 Å². The van der Waals surface area contributed by atoms with E-state index in [1.807, 2.05) is 23.1 Å². The SMILES string of the molecule is CC(=O)N1c2ccccc2C(Nc2cccc(C)c2C)CC1C. The molecule has 0 aromatic heterocycles. The molecule has 2 atom stereocenters. The van der Waals surface area contributed by atoms with Gasteiger partial charge in [0.1, 0.15) is 0 Å². The number of rotatable bonds is 2. The highest BCUT2D eigenvalue weighted by Crippen LogP contribution is 2.39. The van der Waals surface area contributed by atoms with Crippen LogP contribution in [0.1, 0.15) is 43.0 Å². The monoisotopic (exact) mass is 308 g/mol. The molecule has 2 aromatic carbocycles. The second kappa shape index (κ2) is 6.07. The van der Waals surface area contributed by atoms with E-state index in [1.165, 1.54) is 22.4 Å². The van der Waals surface area contributed by atoms with Crippen molar-refractivity contribution in [3.63, 3.8) is 0 Å². The fourth-order valence-electron chi connectivity index (χ4n) is 3.52. The quantitative estimate of drug-likeness (QED) is 0.879. The third-order valence-corrected chi connectivity index (χ3v) is 4.86. The summed E-state index contributed by atoms with van der Waals surface area (Å²) in [5.74, 6) is 0.107. The number of carbonyl (C=O) groups is 1. The van der Waals surface area contributed by atoms with Gasteiger partial charge in [-0.25, -0.2) is 0 Å². The van der Waals surface area contributed by atoms with E-state index in [0.29, 0.717) is 0 Å². The van der Waals surface area contributed by atoms with E-state index < -0.39 is 0 Å². The molecular formula is C20H24N2O. The Balaban J connectivity index is 1.99. The van der Waals surface area contributed by atoms with Crippen LogP contribution in [0, 0.1) is 13.8 Å². The molecule has 0 radical (unpaired) electrons. The highest BCUT2D eigenvalue weighted by Gasteiger charge is 2.32. The lowest BCUT2D eigenvalue weighted by Crippen LogP contribution is -2.43. The highest BCUT2D eigenvalue weighted by atomic mass is 16.2. The average molecular weight is 308 g/mol. The lowest BCUT2D eigenvalue weighted by atomic mass is 9.91. The first-order chi connectivity index (χ1) is 11.0. The first-order valence-corrected chi connectivity index (χ1v) is 8.20. The van der Waals surface area contributed by atoms with Gasteiger partial charge < -0.3 is 10.2 Å². The van der Waals surface area contributed by atoms with Crippen LogP contribution < -0.4 is 10.2 Å². The Bertz CT molecular complexity index is 738. The van der Waals surface area contributed by atoms with Crippen LogP contribution in [0.2, 0.25) is 0 Å². The van der Waals surface area contributed by atoms with Crippen molar-refractivity contribution in [3.05, 3.63) is 59.2 Å². The summed E-state index contributed by atoms with van der Waals surface area (Å²) in [6.07, 6.45) is 0.907. The van der Waals surface area contributed by atoms with Gasteiger partial charge in [-0.05, 0) is 56.0 Å². The largest absolute Gasteiger partial charge is 0.378 e. The average Bonchev–Trinajstić information content (AvgIpc) is 2.51. The van der Waals surface area contributed by atoms with Gasteiger partial charge in [0, 0.05) is 24.3 Å². The van der Waals surface area contributed by atoms with Crippen LogP contribution in [-0.4, -0.2) is 11.9 Å². The molecular weight excluding hydrogens is 284 g/mol. The molecule has 0 saturated heterocycles. The third-order valence-electron chi connectivity index (χ3n) is 4.86. The predicted octanol–water partition coefficient (Wildman–Crippen LogP) is 4.60. The summed E-state index contributed by atoms with van der Waals surface area (Å²) in [5.41, 5.74) is 5.97. The predicted molar refractivity (Wildman–Crippen MR) is 96.0 cm³/mol. The molecule has 2 unspecified atom stereocenters. The molecule has 0 aliphatic carbocycles. The van der Waals surface area contributed by atoms with E-state index >= 15 is 0 Å². The molecule has 1 aliphatic rings. The standard InChI is InChI=1S/C20H24N2O/c1-13-8-7-10-18(15(13)3)21-19-12-14(2)22(16(4)23)20-11-6-5-9-17(19)20/h5-11,14,19,21H,12H2,1-4H3. The molecule has 0 fully saturated rings. The summed E-state index contributed by atoms with van der Waals surface area (Å²) in [7, 11) is 0. The Hall–Kier alpha value is -2.29. The van der Waals surface area contributed by atoms with Crippen molar-refractivity contribution in [2.45, 2.75) is 46.2 Å². The Labute approximate surface area is 138 Å². The number of hydrogen-bond donors (Lipinski definition) is 1. The second-order valence-electron chi connectivity index (χ2n) is 6.48. The van der Waals surface area contributed by atoms with Gasteiger partial charge in [0.2, 0.25) is 5.91 Å². The number of anilines is 2. The van der Waals surface area contributed by atoms with Crippen LogP contribution in [0.25, 0.3) is 0 Å². The minimum atomic E-state index is 0.107. The number of aryl methyl sites for hydroxylation is 1. The lowest BCUT2D eigenvalue weighted by Gasteiger charge is -2.39. The molecule has 3 heteroatoms. The van der Waals surface area contributed by atoms with Gasteiger partial charge >= 0.3 is 0 Å². The summed E-state index contributed by atoms with van der Waals surface area (Å²) < 4.78 is 0. The van der Waals surface area contributed by atoms with Crippen molar-refractivity contribution >= 4 is 17.3 Å². The van der Waals surface area contributed by atoms with E-state index in [9.17, 15) is 4.79 Å². The molecule has 3 nitrogen and oxygen atoms in total. The molecule has 1 aliphatic heterocycles. The van der Waals surface area contributed by atoms with Crippen molar-refractivity contribution < 1.29 is 4.79 Å². The van der Waals surface area contributed by atoms with Crippen molar-refractivity contribution in [1.82, 2.24) is 0 Å². The van der Waals surface area contributed by atoms with Crippen LogP contribution in [-0.2, 0) is 4.79 Å². The summed E-state index contributed by atoms with van der Waals surface area (Å²) >= 11 is 0. The Morgan fingerprint density at radius 3 is 2.61 bits per heavy atom. The maximum absolute atomic E-state index is 12.0. The van der Waals surface area contributed by atoms with E-state index in [0.717, 1.165) is 12.1 Å². The molecule has 1 heterocycles. The van der Waals surface area contributed by atoms with Crippen molar-refractivity contribution in [3.8, 4) is 0 Å². The number of para-hydroxylation sites is 1. The number of benzene rings is 2. The molecule has 120 valence electrons. The summed E-state index contributed by atoms with van der Waals surface area (Å²) in [6.45, 7) is 8.05. The van der Waals surface area contributed by atoms with E-state index in [2.05, 4.69) is 50.4 Å². The summed E-state index contributed by atoms with van der Waals surface area (Å²) in [5, 5.41) is 3.70. The number of amides is 1. The first kappa shape index (κ1) is 15.6. The van der Waals surface area contributed by atoms with Crippen molar-refractivity contribution in [1.29, 1.82) is 0 Å². The Kier molecular flexibility index (Phi) is 4.12. The van der Waals surface area contributed by atoms with Gasteiger partial charge in [-0.3, -0.25) is 4.79 Å². The maximum atomic E-state index is 12.0. The molecule has 0 saturated carbocycles. The van der Waals surface area contributed by atoms with Gasteiger partial charge in [0.05, 0.1) is 6.04 Å². The summed E-state index contributed by atoms with van der Waals surface area (Å²) in [4.78, 5) is 14.0. The minimum Gasteiger partial charge on any atom is -0.378 e. The van der Waals surface area contributed by atoms with Crippen LogP contribution in [0.15, 0.2) is 42.5 Å². The topological polar surface area (TPSA) is 32.3 Å². The zero-order valence-corrected chi connectivity index (χ0v) is 14.3. The fourth-order valence-corrected chi connectivity index (χ4v) is 3.52. The first-order valence-electron chi connectivity index (χ1n) is 8.20. The molecule has 2 aromatic rings. The van der Waals surface area contributed by atoms with Gasteiger partial charge in [-0.2, -0.15) is 0 Å². The number of fused-ring (bicyclic) bond motifs is 1. The van der Waals surface area contributed by atoms with Gasteiger partial charge in [-0.1, -0.05) is 30.3 Å². The van der Waals surface area contributed by atoms with Gasteiger partial charge in [-0.15, -0.1) is 0 Å². The van der Waals surface area contributed by atoms with Crippen LogP contribution >= 0.6 is 0 Å². The second-order valence-corrected chi connectivity index (χ2v) is 6.48. The van der Waals surface area contributed by atoms with E-state index in [4.69, 9.17) is 0 Å². The number of carbonyl (C=O) groups excluding carboxylic acids is 1. The fraction of sp³-hybridized carbons (Fsp3) is 0.350. The molecule has 23 heavy (non-hydrogen) atoms. The van der Waals surface area contributed by atoms with E-state index in [-0.39, 0.29) is 18.0 Å². The number of hydrogen-bond acceptors (Lipinski definition) is 2. The molecule has 3 rings (SSSR count). The molecule has 1 amide bonds. The van der Waals surface area contributed by atoms with Gasteiger partial charge in [0.25, 0.3) is 0 Å². The normalized spacial score (nSPS) is 20.1. The Morgan fingerprint density at radius 2 is 1.87 bits per heavy atom. The highest BCUT2D eigenvalue weighted by molar-refractivity contribution is 5.93. The smallest absolute Gasteiger partial charge is 0.224 e. The van der Waals surface area contributed by atoms with Crippen LogP contribution in [0.4, 0.5) is 11.4 Å². The number of nitrogens with zero attached hydrogens (tertiary/aromatic N) is 1. The molecule has 0 spiro atoms. The zero-order valence-electron chi connectivity index (χ0n) is 14.3. The number of nitrogens with one attached hydrogen (secondary N) is 1. The summed E-state index contributed by atoms with van der Waals surface area (Å²) in [6, 6.07) is 15.0.